The summed E-state index contributed by atoms with van der Waals surface area (Å²) in [5, 5.41) is 21.8. The van der Waals surface area contributed by atoms with Crippen LogP contribution >= 0.6 is 0 Å². The summed E-state index contributed by atoms with van der Waals surface area (Å²) in [5.41, 5.74) is -1.27. The minimum absolute atomic E-state index is 0.0289. The molecule has 3 bridgehead atoms. The summed E-state index contributed by atoms with van der Waals surface area (Å²) in [7, 11) is 0. The van der Waals surface area contributed by atoms with Crippen LogP contribution in [0.4, 0.5) is 0 Å². The summed E-state index contributed by atoms with van der Waals surface area (Å²) >= 11 is 0. The summed E-state index contributed by atoms with van der Waals surface area (Å²) in [6.45, 7) is 13.7. The lowest BCUT2D eigenvalue weighted by atomic mass is 9.65. The van der Waals surface area contributed by atoms with Crippen LogP contribution in [-0.4, -0.2) is 33.1 Å². The van der Waals surface area contributed by atoms with Gasteiger partial charge in [0.15, 0.2) is 0 Å². The van der Waals surface area contributed by atoms with Crippen molar-refractivity contribution in [3.63, 3.8) is 0 Å². The van der Waals surface area contributed by atoms with Crippen LogP contribution < -0.4 is 0 Å². The normalized spacial score (nSPS) is 50.2. The van der Waals surface area contributed by atoms with Gasteiger partial charge >= 0.3 is 0 Å². The van der Waals surface area contributed by atoms with Crippen LogP contribution in [-0.2, 0) is 4.74 Å². The van der Waals surface area contributed by atoms with Crippen molar-refractivity contribution in [2.45, 2.75) is 154 Å². The largest absolute Gasteiger partial charge is 0.390 e. The first-order chi connectivity index (χ1) is 14.9. The maximum absolute atomic E-state index is 11.0. The van der Waals surface area contributed by atoms with E-state index in [1.807, 2.05) is 13.8 Å². The molecule has 3 heteroatoms. The van der Waals surface area contributed by atoms with E-state index in [0.717, 1.165) is 69.1 Å². The third-order valence-corrected chi connectivity index (χ3v) is 9.97. The highest BCUT2D eigenvalue weighted by Gasteiger charge is 2.45. The smallest absolute Gasteiger partial charge is 0.0658 e. The minimum Gasteiger partial charge on any atom is -0.390 e. The predicted octanol–water partition coefficient (Wildman–Crippen LogP) is 7.28. The molecule has 3 aliphatic rings. The fraction of sp³-hybridized carbons (Fsp3) is 1.00. The average Bonchev–Trinajstić information content (AvgIpc) is 2.69. The standard InChI is InChI=1S/C29H54O3/c1-21-10-7-14-27(4,30)15-8-16-28(5,31)17-9-18-29(6)19-13-24-11-12-25(20-22(21)2)23(3)26(24)32-29/h21-26,30-31H,7-20H2,1-6H3. The lowest BCUT2D eigenvalue weighted by Gasteiger charge is -2.51. The Labute approximate surface area is 199 Å². The van der Waals surface area contributed by atoms with E-state index in [4.69, 9.17) is 4.74 Å². The lowest BCUT2D eigenvalue weighted by Crippen LogP contribution is -2.50. The molecule has 0 radical (unpaired) electrons. The van der Waals surface area contributed by atoms with E-state index in [9.17, 15) is 10.2 Å². The molecule has 3 nitrogen and oxygen atoms in total. The van der Waals surface area contributed by atoms with Gasteiger partial charge in [-0.05, 0) is 127 Å². The van der Waals surface area contributed by atoms with Crippen LogP contribution in [0.15, 0.2) is 0 Å². The van der Waals surface area contributed by atoms with Gasteiger partial charge in [0.25, 0.3) is 0 Å². The molecule has 2 saturated heterocycles. The van der Waals surface area contributed by atoms with Crippen molar-refractivity contribution in [2.75, 3.05) is 0 Å². The number of hydrogen-bond acceptors (Lipinski definition) is 3. The summed E-state index contributed by atoms with van der Waals surface area (Å²) < 4.78 is 6.93. The van der Waals surface area contributed by atoms with Crippen molar-refractivity contribution in [1.29, 1.82) is 0 Å². The predicted molar refractivity (Wildman–Crippen MR) is 134 cm³/mol. The molecular weight excluding hydrogens is 396 g/mol. The number of hydrogen-bond donors (Lipinski definition) is 2. The highest BCUT2D eigenvalue weighted by molar-refractivity contribution is 4.95. The molecular formula is C29H54O3. The second-order valence-corrected chi connectivity index (χ2v) is 13.3. The third kappa shape index (κ3) is 7.19. The quantitative estimate of drug-likeness (QED) is 0.408. The maximum atomic E-state index is 11.0. The molecule has 0 amide bonds. The van der Waals surface area contributed by atoms with Crippen molar-refractivity contribution in [3.05, 3.63) is 0 Å². The Hall–Kier alpha value is -0.120. The monoisotopic (exact) mass is 450 g/mol. The van der Waals surface area contributed by atoms with E-state index >= 15 is 0 Å². The molecule has 32 heavy (non-hydrogen) atoms. The van der Waals surface area contributed by atoms with E-state index in [1.165, 1.54) is 38.5 Å². The Morgan fingerprint density at radius 3 is 1.84 bits per heavy atom. The first kappa shape index (κ1) is 26.5. The fourth-order valence-corrected chi connectivity index (χ4v) is 7.20. The summed E-state index contributed by atoms with van der Waals surface area (Å²) in [6.07, 6.45) is 15.5. The molecule has 188 valence electrons. The Balaban J connectivity index is 1.71. The Morgan fingerprint density at radius 2 is 1.19 bits per heavy atom. The van der Waals surface area contributed by atoms with Gasteiger partial charge in [0.1, 0.15) is 0 Å². The molecule has 2 aliphatic heterocycles. The van der Waals surface area contributed by atoms with Gasteiger partial charge in [0.05, 0.1) is 22.9 Å². The summed E-state index contributed by atoms with van der Waals surface area (Å²) in [6, 6.07) is 0. The highest BCUT2D eigenvalue weighted by atomic mass is 16.5. The van der Waals surface area contributed by atoms with E-state index in [1.54, 1.807) is 0 Å². The van der Waals surface area contributed by atoms with Crippen molar-refractivity contribution in [1.82, 2.24) is 0 Å². The summed E-state index contributed by atoms with van der Waals surface area (Å²) in [4.78, 5) is 0. The van der Waals surface area contributed by atoms with Crippen LogP contribution in [0, 0.1) is 29.6 Å². The number of rotatable bonds is 0. The van der Waals surface area contributed by atoms with Crippen LogP contribution in [0.5, 0.6) is 0 Å². The SMILES string of the molecule is CC1CCCC(C)(O)CCCC(C)(O)CCCC2(C)CCC3CCC(CC1C)C(C)C3O2. The molecule has 0 aromatic carbocycles. The Kier molecular flexibility index (Phi) is 8.81. The van der Waals surface area contributed by atoms with Crippen LogP contribution in [0.2, 0.25) is 0 Å². The zero-order valence-corrected chi connectivity index (χ0v) is 22.2. The molecule has 3 rings (SSSR count). The molecule has 1 aliphatic carbocycles. The van der Waals surface area contributed by atoms with Gasteiger partial charge < -0.3 is 14.9 Å². The second-order valence-electron chi connectivity index (χ2n) is 13.3. The third-order valence-electron chi connectivity index (χ3n) is 9.97. The molecule has 2 N–H and O–H groups in total. The van der Waals surface area contributed by atoms with E-state index < -0.39 is 11.2 Å². The molecule has 3 fully saturated rings. The van der Waals surface area contributed by atoms with Gasteiger partial charge in [-0.25, -0.2) is 0 Å². The number of fused-ring (bicyclic) bond motifs is 2. The first-order valence-electron chi connectivity index (χ1n) is 14.0. The van der Waals surface area contributed by atoms with E-state index in [2.05, 4.69) is 27.7 Å². The van der Waals surface area contributed by atoms with Crippen LogP contribution in [0.1, 0.15) is 131 Å². The molecule has 1 saturated carbocycles. The van der Waals surface area contributed by atoms with Gasteiger partial charge in [0.2, 0.25) is 0 Å². The molecule has 9 unspecified atom stereocenters. The second kappa shape index (κ2) is 10.6. The number of aliphatic hydroxyl groups is 2. The Morgan fingerprint density at radius 1 is 0.625 bits per heavy atom. The molecule has 0 aromatic heterocycles. The summed E-state index contributed by atoms with van der Waals surface area (Å²) in [5.74, 6) is 3.62. The highest BCUT2D eigenvalue weighted by Crippen LogP contribution is 2.48. The zero-order chi connectivity index (χ0) is 23.6. The molecule has 9 atom stereocenters. The van der Waals surface area contributed by atoms with Crippen LogP contribution in [0.25, 0.3) is 0 Å². The van der Waals surface area contributed by atoms with Gasteiger partial charge in [-0.1, -0.05) is 33.6 Å². The van der Waals surface area contributed by atoms with Crippen molar-refractivity contribution in [3.8, 4) is 0 Å². The van der Waals surface area contributed by atoms with Gasteiger partial charge in [-0.3, -0.25) is 0 Å². The minimum atomic E-state index is -0.639. The van der Waals surface area contributed by atoms with Crippen molar-refractivity contribution >= 4 is 0 Å². The van der Waals surface area contributed by atoms with Crippen molar-refractivity contribution in [2.24, 2.45) is 29.6 Å². The van der Waals surface area contributed by atoms with Gasteiger partial charge in [0, 0.05) is 0 Å². The average molecular weight is 451 g/mol. The van der Waals surface area contributed by atoms with E-state index in [-0.39, 0.29) is 5.60 Å². The Bertz CT molecular complexity index is 585. The first-order valence-corrected chi connectivity index (χ1v) is 14.0. The molecule has 0 aromatic rings. The van der Waals surface area contributed by atoms with E-state index in [0.29, 0.717) is 17.9 Å². The van der Waals surface area contributed by atoms with Gasteiger partial charge in [-0.2, -0.15) is 0 Å². The lowest BCUT2D eigenvalue weighted by molar-refractivity contribution is -0.188. The fourth-order valence-electron chi connectivity index (χ4n) is 7.20. The maximum Gasteiger partial charge on any atom is 0.0658 e. The topological polar surface area (TPSA) is 49.7 Å². The number of ether oxygens (including phenoxy) is 1. The molecule has 2 heterocycles. The van der Waals surface area contributed by atoms with Gasteiger partial charge in [-0.15, -0.1) is 0 Å². The van der Waals surface area contributed by atoms with Crippen LogP contribution in [0.3, 0.4) is 0 Å². The molecule has 0 spiro atoms. The zero-order valence-electron chi connectivity index (χ0n) is 22.2. The van der Waals surface area contributed by atoms with Crippen molar-refractivity contribution < 1.29 is 14.9 Å².